The van der Waals surface area contributed by atoms with Gasteiger partial charge in [-0.1, -0.05) is 18.2 Å². The van der Waals surface area contributed by atoms with Crippen molar-refractivity contribution in [1.29, 1.82) is 0 Å². The molecule has 0 aliphatic rings. The van der Waals surface area contributed by atoms with Crippen LogP contribution in [0.5, 0.6) is 0 Å². The quantitative estimate of drug-likeness (QED) is 0.441. The average Bonchev–Trinajstić information content (AvgIpc) is 2.26. The number of rotatable bonds is 3. The molecule has 2 radical (unpaired) electrons. The number of methoxy groups -OCH3 is 1. The number of para-hydroxylation sites is 1. The molecule has 0 bridgehead atoms. The minimum atomic E-state index is -0.392. The number of carbonyl (C=O) groups excluding carboxylic acids is 1. The first-order chi connectivity index (χ1) is 6.77. The van der Waals surface area contributed by atoms with Crippen LogP contribution >= 0.6 is 0 Å². The molecule has 0 aliphatic heterocycles. The molecular formula is C10H10BNO2. The zero-order valence-electron chi connectivity index (χ0n) is 7.86. The predicted molar refractivity (Wildman–Crippen MR) is 56.9 cm³/mol. The molecule has 0 amide bonds. The van der Waals surface area contributed by atoms with Crippen molar-refractivity contribution in [2.75, 3.05) is 12.3 Å². The first kappa shape index (κ1) is 10.4. The number of benzene rings is 1. The highest BCUT2D eigenvalue weighted by atomic mass is 16.5. The molecule has 3 nitrogen and oxygen atoms in total. The predicted octanol–water partition coefficient (Wildman–Crippen LogP) is 1.37. The molecule has 0 saturated heterocycles. The summed E-state index contributed by atoms with van der Waals surface area (Å²) in [6, 6.07) is 7.37. The largest absolute Gasteiger partial charge is 0.466 e. The third-order valence-corrected chi connectivity index (χ3v) is 1.72. The lowest BCUT2D eigenvalue weighted by Gasteiger charge is -2.03. The van der Waals surface area contributed by atoms with Crippen LogP contribution in [0.1, 0.15) is 5.56 Å². The van der Waals surface area contributed by atoms with Crippen LogP contribution in [0, 0.1) is 0 Å². The fraction of sp³-hybridized carbons (Fsp3) is 0.100. The van der Waals surface area contributed by atoms with E-state index in [-0.39, 0.29) is 0 Å². The third-order valence-electron chi connectivity index (χ3n) is 1.72. The van der Waals surface area contributed by atoms with E-state index in [9.17, 15) is 4.79 Å². The van der Waals surface area contributed by atoms with Gasteiger partial charge in [0.25, 0.3) is 0 Å². The van der Waals surface area contributed by atoms with Gasteiger partial charge in [-0.3, -0.25) is 0 Å². The van der Waals surface area contributed by atoms with Gasteiger partial charge in [0.2, 0.25) is 7.98 Å². The molecule has 4 heteroatoms. The fourth-order valence-corrected chi connectivity index (χ4v) is 1.000. The van der Waals surface area contributed by atoms with Gasteiger partial charge >= 0.3 is 5.97 Å². The molecule has 0 saturated carbocycles. The first-order valence-electron chi connectivity index (χ1n) is 4.09. The molecule has 0 aliphatic carbocycles. The van der Waals surface area contributed by atoms with Crippen LogP contribution in [-0.2, 0) is 9.53 Å². The van der Waals surface area contributed by atoms with Crippen molar-refractivity contribution in [3.8, 4) is 0 Å². The van der Waals surface area contributed by atoms with E-state index in [4.69, 9.17) is 7.98 Å². The maximum absolute atomic E-state index is 10.8. The lowest BCUT2D eigenvalue weighted by molar-refractivity contribution is -0.134. The minimum absolute atomic E-state index is 0.392. The van der Waals surface area contributed by atoms with Crippen LogP contribution < -0.4 is 5.23 Å². The first-order valence-corrected chi connectivity index (χ1v) is 4.09. The van der Waals surface area contributed by atoms with Gasteiger partial charge in [-0.25, -0.2) is 4.79 Å². The van der Waals surface area contributed by atoms with E-state index in [0.29, 0.717) is 0 Å². The van der Waals surface area contributed by atoms with Crippen LogP contribution in [0.4, 0.5) is 5.69 Å². The minimum Gasteiger partial charge on any atom is -0.466 e. The number of hydrogen-bond acceptors (Lipinski definition) is 3. The Morgan fingerprint density at radius 2 is 2.21 bits per heavy atom. The Labute approximate surface area is 84.2 Å². The van der Waals surface area contributed by atoms with Gasteiger partial charge in [-0.15, -0.1) is 0 Å². The summed E-state index contributed by atoms with van der Waals surface area (Å²) < 4.78 is 4.47. The molecule has 0 spiro atoms. The van der Waals surface area contributed by atoms with E-state index >= 15 is 0 Å². The van der Waals surface area contributed by atoms with Crippen LogP contribution in [0.3, 0.4) is 0 Å². The number of anilines is 1. The van der Waals surface area contributed by atoms with Crippen molar-refractivity contribution in [2.45, 2.75) is 0 Å². The van der Waals surface area contributed by atoms with Gasteiger partial charge in [-0.2, -0.15) is 0 Å². The summed E-state index contributed by atoms with van der Waals surface area (Å²) in [5, 5.41) is 2.53. The lowest BCUT2D eigenvalue weighted by Crippen LogP contribution is -1.95. The van der Waals surface area contributed by atoms with Crippen molar-refractivity contribution < 1.29 is 9.53 Å². The smallest absolute Gasteiger partial charge is 0.330 e. The molecule has 70 valence electrons. The second kappa shape index (κ2) is 5.12. The summed E-state index contributed by atoms with van der Waals surface area (Å²) in [6.45, 7) is 0. The van der Waals surface area contributed by atoms with E-state index in [2.05, 4.69) is 9.96 Å². The topological polar surface area (TPSA) is 38.3 Å². The van der Waals surface area contributed by atoms with Crippen molar-refractivity contribution in [3.05, 3.63) is 35.9 Å². The van der Waals surface area contributed by atoms with Gasteiger partial charge in [-0.05, 0) is 17.7 Å². The van der Waals surface area contributed by atoms with Crippen molar-refractivity contribution in [3.63, 3.8) is 0 Å². The molecule has 0 atom stereocenters. The zero-order chi connectivity index (χ0) is 10.4. The van der Waals surface area contributed by atoms with E-state index in [1.165, 1.54) is 13.2 Å². The molecule has 1 aromatic rings. The molecule has 14 heavy (non-hydrogen) atoms. The number of esters is 1. The second-order valence-electron chi connectivity index (χ2n) is 2.59. The Kier molecular flexibility index (Phi) is 3.79. The Balaban J connectivity index is 2.85. The van der Waals surface area contributed by atoms with E-state index in [1.807, 2.05) is 24.3 Å². The summed E-state index contributed by atoms with van der Waals surface area (Å²) in [5.74, 6) is -0.392. The SMILES string of the molecule is [B]Nc1ccccc1/C=C/C(=O)OC. The summed E-state index contributed by atoms with van der Waals surface area (Å²) in [5.41, 5.74) is 1.59. The van der Waals surface area contributed by atoms with E-state index in [1.54, 1.807) is 6.08 Å². The molecule has 0 fully saturated rings. The van der Waals surface area contributed by atoms with Crippen LogP contribution in [0.15, 0.2) is 30.3 Å². The lowest BCUT2D eigenvalue weighted by atomic mass is 10.1. The van der Waals surface area contributed by atoms with Crippen molar-refractivity contribution >= 4 is 25.7 Å². The molecule has 1 rings (SSSR count). The highest BCUT2D eigenvalue weighted by Crippen LogP contribution is 2.15. The summed E-state index contributed by atoms with van der Waals surface area (Å²) in [6.07, 6.45) is 2.98. The molecule has 1 aromatic carbocycles. The van der Waals surface area contributed by atoms with E-state index < -0.39 is 5.97 Å². The van der Waals surface area contributed by atoms with Crippen molar-refractivity contribution in [2.24, 2.45) is 0 Å². The normalized spacial score (nSPS) is 10.1. The van der Waals surface area contributed by atoms with Crippen LogP contribution in [0.2, 0.25) is 0 Å². The summed E-state index contributed by atoms with van der Waals surface area (Å²) in [4.78, 5) is 10.8. The third kappa shape index (κ3) is 2.66. The molecule has 0 heterocycles. The monoisotopic (exact) mass is 187 g/mol. The second-order valence-corrected chi connectivity index (χ2v) is 2.59. The maximum Gasteiger partial charge on any atom is 0.330 e. The zero-order valence-corrected chi connectivity index (χ0v) is 7.86. The number of carbonyl (C=O) groups is 1. The van der Waals surface area contributed by atoms with Crippen LogP contribution in [0.25, 0.3) is 6.08 Å². The van der Waals surface area contributed by atoms with Gasteiger partial charge in [0, 0.05) is 11.8 Å². The van der Waals surface area contributed by atoms with Crippen LogP contribution in [-0.4, -0.2) is 21.1 Å². The Morgan fingerprint density at radius 3 is 2.86 bits per heavy atom. The number of nitrogens with one attached hydrogen (secondary N) is 1. The highest BCUT2D eigenvalue weighted by Gasteiger charge is 1.96. The molecule has 0 unspecified atom stereocenters. The maximum atomic E-state index is 10.8. The average molecular weight is 187 g/mol. The molecule has 1 N–H and O–H groups in total. The Bertz CT molecular complexity index is 350. The fourth-order valence-electron chi connectivity index (χ4n) is 1.000. The summed E-state index contributed by atoms with van der Waals surface area (Å²) >= 11 is 0. The Morgan fingerprint density at radius 1 is 1.50 bits per heavy atom. The van der Waals surface area contributed by atoms with E-state index in [0.717, 1.165) is 11.3 Å². The number of ether oxygens (including phenoxy) is 1. The highest BCUT2D eigenvalue weighted by molar-refractivity contribution is 6.16. The standard InChI is InChI=1S/C10H10BNO2/c1-14-10(13)7-6-8-4-2-3-5-9(8)12-11/h2-7,12H,1H3/b7-6+. The van der Waals surface area contributed by atoms with Gasteiger partial charge < -0.3 is 9.96 Å². The van der Waals surface area contributed by atoms with Crippen molar-refractivity contribution in [1.82, 2.24) is 0 Å². The van der Waals surface area contributed by atoms with Gasteiger partial charge in [0.1, 0.15) is 0 Å². The van der Waals surface area contributed by atoms with Gasteiger partial charge in [0.15, 0.2) is 0 Å². The summed E-state index contributed by atoms with van der Waals surface area (Å²) in [7, 11) is 6.62. The molecular weight excluding hydrogens is 177 g/mol. The van der Waals surface area contributed by atoms with Gasteiger partial charge in [0.05, 0.1) is 7.11 Å². The Hall–Kier alpha value is -1.71. The number of hydrogen-bond donors (Lipinski definition) is 1. The molecule has 0 aromatic heterocycles.